The third-order valence-corrected chi connectivity index (χ3v) is 2.57. The summed E-state index contributed by atoms with van der Waals surface area (Å²) in [6, 6.07) is 8.46. The van der Waals surface area contributed by atoms with Crippen LogP contribution in [0.1, 0.15) is 16.1 Å². The molecule has 92 valence electrons. The number of nitrogens with two attached hydrogens (primary N) is 1. The van der Waals surface area contributed by atoms with Crippen molar-refractivity contribution >= 4 is 23.0 Å². The van der Waals surface area contributed by atoms with Gasteiger partial charge in [-0.3, -0.25) is 4.98 Å². The van der Waals surface area contributed by atoms with Crippen LogP contribution >= 0.6 is 0 Å². The minimum atomic E-state index is -1.03. The Hall–Kier alpha value is -2.56. The molecule has 0 aliphatic heterocycles. The Labute approximate surface area is 104 Å². The van der Waals surface area contributed by atoms with E-state index < -0.39 is 5.97 Å². The minimum Gasteiger partial charge on any atom is -0.478 e. The molecule has 1 aromatic carbocycles. The van der Waals surface area contributed by atoms with Crippen molar-refractivity contribution in [1.29, 1.82) is 0 Å². The topological polar surface area (TPSA) is 88.2 Å². The maximum atomic E-state index is 10.8. The van der Waals surface area contributed by atoms with Gasteiger partial charge in [0.15, 0.2) is 0 Å². The van der Waals surface area contributed by atoms with Crippen LogP contribution < -0.4 is 11.1 Å². The molecule has 5 heteroatoms. The van der Waals surface area contributed by atoms with E-state index in [2.05, 4.69) is 10.3 Å². The first-order valence-electron chi connectivity index (χ1n) is 5.39. The molecule has 0 atom stereocenters. The maximum absolute atomic E-state index is 10.8. The highest BCUT2D eigenvalue weighted by molar-refractivity contribution is 5.94. The SMILES string of the molecule is Cc1ncccc1Nc1ccc(C(=O)O)c(N)c1. The highest BCUT2D eigenvalue weighted by atomic mass is 16.4. The molecule has 2 rings (SSSR count). The molecule has 0 amide bonds. The third kappa shape index (κ3) is 2.40. The number of carboxylic acid groups (broad SMARTS) is 1. The Morgan fingerprint density at radius 2 is 2.17 bits per heavy atom. The van der Waals surface area contributed by atoms with Gasteiger partial charge in [0.05, 0.1) is 16.9 Å². The van der Waals surface area contributed by atoms with Crippen molar-refractivity contribution in [2.24, 2.45) is 0 Å². The lowest BCUT2D eigenvalue weighted by Crippen LogP contribution is -2.03. The number of hydrogen-bond acceptors (Lipinski definition) is 4. The summed E-state index contributed by atoms with van der Waals surface area (Å²) < 4.78 is 0. The summed E-state index contributed by atoms with van der Waals surface area (Å²) in [5.41, 5.74) is 8.46. The number of rotatable bonds is 3. The average Bonchev–Trinajstić information content (AvgIpc) is 2.32. The number of carboxylic acids is 1. The van der Waals surface area contributed by atoms with Crippen LogP contribution in [0.15, 0.2) is 36.5 Å². The number of aryl methyl sites for hydroxylation is 1. The molecule has 1 aromatic heterocycles. The highest BCUT2D eigenvalue weighted by Gasteiger charge is 2.08. The van der Waals surface area contributed by atoms with Gasteiger partial charge in [0.25, 0.3) is 0 Å². The zero-order chi connectivity index (χ0) is 13.1. The predicted octanol–water partition coefficient (Wildman–Crippen LogP) is 2.41. The molecule has 0 spiro atoms. The van der Waals surface area contributed by atoms with Gasteiger partial charge in [-0.1, -0.05) is 0 Å². The lowest BCUT2D eigenvalue weighted by molar-refractivity contribution is 0.0698. The average molecular weight is 243 g/mol. The summed E-state index contributed by atoms with van der Waals surface area (Å²) in [6.45, 7) is 1.89. The third-order valence-electron chi connectivity index (χ3n) is 2.57. The van der Waals surface area contributed by atoms with Gasteiger partial charge >= 0.3 is 5.97 Å². The van der Waals surface area contributed by atoms with E-state index in [0.29, 0.717) is 0 Å². The monoisotopic (exact) mass is 243 g/mol. The molecule has 0 fully saturated rings. The predicted molar refractivity (Wildman–Crippen MR) is 70.1 cm³/mol. The van der Waals surface area contributed by atoms with E-state index in [9.17, 15) is 4.79 Å². The van der Waals surface area contributed by atoms with Gasteiger partial charge in [-0.15, -0.1) is 0 Å². The number of aromatic nitrogens is 1. The van der Waals surface area contributed by atoms with Crippen molar-refractivity contribution in [3.05, 3.63) is 47.8 Å². The van der Waals surface area contributed by atoms with E-state index in [1.54, 1.807) is 18.3 Å². The minimum absolute atomic E-state index is 0.100. The molecule has 2 aromatic rings. The second-order valence-electron chi connectivity index (χ2n) is 3.87. The van der Waals surface area contributed by atoms with Crippen molar-refractivity contribution in [2.45, 2.75) is 6.92 Å². The van der Waals surface area contributed by atoms with E-state index >= 15 is 0 Å². The number of hydrogen-bond donors (Lipinski definition) is 3. The number of benzene rings is 1. The quantitative estimate of drug-likeness (QED) is 0.720. The fourth-order valence-electron chi connectivity index (χ4n) is 1.61. The first-order valence-corrected chi connectivity index (χ1v) is 5.39. The van der Waals surface area contributed by atoms with Crippen LogP contribution in [-0.4, -0.2) is 16.1 Å². The van der Waals surface area contributed by atoms with Gasteiger partial charge < -0.3 is 16.2 Å². The van der Waals surface area contributed by atoms with Crippen LogP contribution in [0.4, 0.5) is 17.1 Å². The summed E-state index contributed by atoms with van der Waals surface area (Å²) in [5, 5.41) is 12.0. The molecule has 0 aliphatic carbocycles. The van der Waals surface area contributed by atoms with Crippen LogP contribution in [-0.2, 0) is 0 Å². The van der Waals surface area contributed by atoms with Gasteiger partial charge in [-0.2, -0.15) is 0 Å². The zero-order valence-electron chi connectivity index (χ0n) is 9.84. The molecule has 4 N–H and O–H groups in total. The lowest BCUT2D eigenvalue weighted by atomic mass is 10.1. The van der Waals surface area contributed by atoms with Gasteiger partial charge in [-0.25, -0.2) is 4.79 Å². The lowest BCUT2D eigenvalue weighted by Gasteiger charge is -2.10. The molecule has 0 radical (unpaired) electrons. The van der Waals surface area contributed by atoms with E-state index in [4.69, 9.17) is 10.8 Å². The smallest absolute Gasteiger partial charge is 0.337 e. The number of anilines is 3. The Balaban J connectivity index is 2.29. The first kappa shape index (κ1) is 11.9. The van der Waals surface area contributed by atoms with Crippen LogP contribution in [0, 0.1) is 6.92 Å². The summed E-state index contributed by atoms with van der Waals surface area (Å²) in [5.74, 6) is -1.03. The zero-order valence-corrected chi connectivity index (χ0v) is 9.84. The molecule has 18 heavy (non-hydrogen) atoms. The molecule has 1 heterocycles. The Morgan fingerprint density at radius 1 is 1.39 bits per heavy atom. The number of nitrogens with one attached hydrogen (secondary N) is 1. The summed E-state index contributed by atoms with van der Waals surface area (Å²) in [7, 11) is 0. The van der Waals surface area contributed by atoms with Crippen molar-refractivity contribution < 1.29 is 9.90 Å². The van der Waals surface area contributed by atoms with Crippen LogP contribution in [0.2, 0.25) is 0 Å². The van der Waals surface area contributed by atoms with E-state index in [1.807, 2.05) is 19.1 Å². The molecule has 0 bridgehead atoms. The number of nitrogen functional groups attached to an aromatic ring is 1. The summed E-state index contributed by atoms with van der Waals surface area (Å²) in [4.78, 5) is 15.0. The fraction of sp³-hybridized carbons (Fsp3) is 0.0769. The number of aromatic carboxylic acids is 1. The van der Waals surface area contributed by atoms with Gasteiger partial charge in [0.1, 0.15) is 0 Å². The number of nitrogens with zero attached hydrogens (tertiary/aromatic N) is 1. The number of pyridine rings is 1. The van der Waals surface area contributed by atoms with Gasteiger partial charge in [-0.05, 0) is 37.3 Å². The molecule has 0 aliphatic rings. The summed E-state index contributed by atoms with van der Waals surface area (Å²) in [6.07, 6.45) is 1.71. The van der Waals surface area contributed by atoms with E-state index in [0.717, 1.165) is 17.1 Å². The Bertz CT molecular complexity index is 597. The second-order valence-corrected chi connectivity index (χ2v) is 3.87. The Morgan fingerprint density at radius 3 is 2.78 bits per heavy atom. The number of carbonyl (C=O) groups is 1. The summed E-state index contributed by atoms with van der Waals surface area (Å²) >= 11 is 0. The molecule has 0 saturated heterocycles. The van der Waals surface area contributed by atoms with Crippen molar-refractivity contribution in [3.8, 4) is 0 Å². The van der Waals surface area contributed by atoms with Crippen LogP contribution in [0.3, 0.4) is 0 Å². The largest absolute Gasteiger partial charge is 0.478 e. The molecular formula is C13H13N3O2. The van der Waals surface area contributed by atoms with Gasteiger partial charge in [0, 0.05) is 17.6 Å². The fourth-order valence-corrected chi connectivity index (χ4v) is 1.61. The molecule has 5 nitrogen and oxygen atoms in total. The first-order chi connectivity index (χ1) is 8.58. The van der Waals surface area contributed by atoms with Gasteiger partial charge in [0.2, 0.25) is 0 Å². The highest BCUT2D eigenvalue weighted by Crippen LogP contribution is 2.22. The normalized spacial score (nSPS) is 10.1. The van der Waals surface area contributed by atoms with Crippen LogP contribution in [0.5, 0.6) is 0 Å². The van der Waals surface area contributed by atoms with E-state index in [1.165, 1.54) is 6.07 Å². The van der Waals surface area contributed by atoms with Crippen molar-refractivity contribution in [3.63, 3.8) is 0 Å². The van der Waals surface area contributed by atoms with Crippen molar-refractivity contribution in [1.82, 2.24) is 4.98 Å². The molecule has 0 saturated carbocycles. The Kier molecular flexibility index (Phi) is 3.14. The van der Waals surface area contributed by atoms with E-state index in [-0.39, 0.29) is 11.3 Å². The second kappa shape index (κ2) is 4.75. The van der Waals surface area contributed by atoms with Crippen molar-refractivity contribution in [2.75, 3.05) is 11.1 Å². The molecular weight excluding hydrogens is 230 g/mol. The standard InChI is InChI=1S/C13H13N3O2/c1-8-12(3-2-6-15-8)16-9-4-5-10(13(17)18)11(14)7-9/h2-7,16H,14H2,1H3,(H,17,18). The maximum Gasteiger partial charge on any atom is 0.337 e. The molecule has 0 unspecified atom stereocenters. The van der Waals surface area contributed by atoms with Crippen LogP contribution in [0.25, 0.3) is 0 Å².